The molecule has 0 spiro atoms. The molecule has 0 N–H and O–H groups in total. The predicted molar refractivity (Wildman–Crippen MR) is 177 cm³/mol. The number of imide groups is 1. The van der Waals surface area contributed by atoms with Crippen molar-refractivity contribution in [1.82, 2.24) is 19.8 Å². The van der Waals surface area contributed by atoms with Gasteiger partial charge in [-0.2, -0.15) is 0 Å². The maximum absolute atomic E-state index is 12.6. The van der Waals surface area contributed by atoms with Gasteiger partial charge in [0.1, 0.15) is 11.9 Å². The standard InChI is InChI=1S/C31H41N5O9S2/c1-4-33(2)20-10-21-34(3)30(39)43-24-15-13-23(14-16-24)26(44-31(40)45-35-27(37)17-18-28(35)38)12-7-5-6-8-22-46-47-29-25(36(41)42)11-9-19-32-29/h9,11,13-16,19,26H,4-8,10,12,17-18,20-22H2,1-3H3. The summed E-state index contributed by atoms with van der Waals surface area (Å²) < 4.78 is 11.1. The van der Waals surface area contributed by atoms with Gasteiger partial charge in [0.15, 0.2) is 5.03 Å². The molecule has 1 aliphatic heterocycles. The summed E-state index contributed by atoms with van der Waals surface area (Å²) in [4.78, 5) is 72.3. The van der Waals surface area contributed by atoms with Crippen LogP contribution in [0.25, 0.3) is 0 Å². The van der Waals surface area contributed by atoms with Gasteiger partial charge in [-0.3, -0.25) is 24.5 Å². The number of amides is 3. The second-order valence-electron chi connectivity index (χ2n) is 10.8. The summed E-state index contributed by atoms with van der Waals surface area (Å²) in [5, 5.41) is 12.0. The molecular formula is C31H41N5O9S2. The average molecular weight is 692 g/mol. The molecule has 1 aromatic carbocycles. The number of hydroxylamine groups is 2. The molecule has 1 saturated heterocycles. The van der Waals surface area contributed by atoms with E-state index in [2.05, 4.69) is 16.8 Å². The fourth-order valence-electron chi connectivity index (χ4n) is 4.45. The van der Waals surface area contributed by atoms with Gasteiger partial charge in [-0.05, 0) is 80.4 Å². The van der Waals surface area contributed by atoms with Gasteiger partial charge in [0.25, 0.3) is 11.8 Å². The molecule has 0 saturated carbocycles. The summed E-state index contributed by atoms with van der Waals surface area (Å²) in [6.07, 6.45) is 3.58. The van der Waals surface area contributed by atoms with Crippen LogP contribution in [0.4, 0.5) is 15.3 Å². The lowest BCUT2D eigenvalue weighted by atomic mass is 10.0. The van der Waals surface area contributed by atoms with E-state index in [4.69, 9.17) is 14.3 Å². The third-order valence-corrected chi connectivity index (χ3v) is 9.65. The minimum atomic E-state index is -1.17. The van der Waals surface area contributed by atoms with Crippen LogP contribution in [0.1, 0.15) is 70.0 Å². The molecule has 16 heteroatoms. The fraction of sp³-hybridized carbons (Fsp3) is 0.516. The van der Waals surface area contributed by atoms with E-state index in [9.17, 15) is 29.3 Å². The zero-order chi connectivity index (χ0) is 34.2. The molecule has 1 unspecified atom stereocenters. The molecule has 3 rings (SSSR count). The molecule has 2 aromatic rings. The highest BCUT2D eigenvalue weighted by atomic mass is 33.1. The van der Waals surface area contributed by atoms with E-state index in [1.165, 1.54) is 44.8 Å². The molecule has 2 heterocycles. The molecule has 0 bridgehead atoms. The molecule has 14 nitrogen and oxygen atoms in total. The van der Waals surface area contributed by atoms with Gasteiger partial charge in [-0.15, -0.1) is 0 Å². The molecule has 256 valence electrons. The zero-order valence-electron chi connectivity index (χ0n) is 26.8. The van der Waals surface area contributed by atoms with E-state index in [0.717, 1.165) is 44.5 Å². The van der Waals surface area contributed by atoms with Crippen molar-refractivity contribution in [1.29, 1.82) is 0 Å². The Balaban J connectivity index is 1.51. The summed E-state index contributed by atoms with van der Waals surface area (Å²) in [6, 6.07) is 9.57. The topological polar surface area (TPSA) is 162 Å². The van der Waals surface area contributed by atoms with Gasteiger partial charge in [0.05, 0.1) is 4.92 Å². The lowest BCUT2D eigenvalue weighted by Crippen LogP contribution is -2.32. The summed E-state index contributed by atoms with van der Waals surface area (Å²) in [5.41, 5.74) is 0.610. The van der Waals surface area contributed by atoms with Crippen LogP contribution in [0, 0.1) is 10.1 Å². The normalized spacial score (nSPS) is 13.5. The van der Waals surface area contributed by atoms with E-state index >= 15 is 0 Å². The first-order valence-corrected chi connectivity index (χ1v) is 17.8. The van der Waals surface area contributed by atoms with Crippen LogP contribution >= 0.6 is 21.6 Å². The smallest absolute Gasteiger partial charge is 0.425 e. The number of hydrogen-bond acceptors (Lipinski definition) is 13. The first-order chi connectivity index (χ1) is 22.6. The van der Waals surface area contributed by atoms with Crippen LogP contribution in [-0.4, -0.2) is 88.3 Å². The minimum Gasteiger partial charge on any atom is -0.425 e. The number of nitro groups is 1. The van der Waals surface area contributed by atoms with Crippen molar-refractivity contribution in [3.63, 3.8) is 0 Å². The van der Waals surface area contributed by atoms with Crippen molar-refractivity contribution < 1.29 is 38.4 Å². The van der Waals surface area contributed by atoms with Gasteiger partial charge < -0.3 is 19.3 Å². The van der Waals surface area contributed by atoms with Crippen molar-refractivity contribution in [2.24, 2.45) is 0 Å². The highest BCUT2D eigenvalue weighted by molar-refractivity contribution is 8.76. The van der Waals surface area contributed by atoms with E-state index in [1.54, 1.807) is 31.3 Å². The Bertz CT molecular complexity index is 1350. The number of ether oxygens (including phenoxy) is 2. The zero-order valence-corrected chi connectivity index (χ0v) is 28.5. The van der Waals surface area contributed by atoms with Gasteiger partial charge in [0, 0.05) is 44.5 Å². The van der Waals surface area contributed by atoms with Crippen molar-refractivity contribution in [3.8, 4) is 5.75 Å². The van der Waals surface area contributed by atoms with Crippen LogP contribution in [0.5, 0.6) is 5.75 Å². The Labute approximate surface area is 282 Å². The lowest BCUT2D eigenvalue weighted by molar-refractivity contribution is -0.388. The largest absolute Gasteiger partial charge is 0.534 e. The molecule has 1 fully saturated rings. The quantitative estimate of drug-likeness (QED) is 0.0397. The third kappa shape index (κ3) is 12.7. The first-order valence-electron chi connectivity index (χ1n) is 15.4. The van der Waals surface area contributed by atoms with Crippen LogP contribution in [-0.2, 0) is 19.2 Å². The van der Waals surface area contributed by atoms with Crippen molar-refractivity contribution in [3.05, 3.63) is 58.3 Å². The number of rotatable bonds is 19. The van der Waals surface area contributed by atoms with Crippen LogP contribution < -0.4 is 4.74 Å². The number of pyridine rings is 1. The summed E-state index contributed by atoms with van der Waals surface area (Å²) >= 11 is 0. The van der Waals surface area contributed by atoms with Gasteiger partial charge in [-0.1, -0.05) is 47.8 Å². The van der Waals surface area contributed by atoms with E-state index in [1.807, 2.05) is 7.05 Å². The Morgan fingerprint density at radius 3 is 2.40 bits per heavy atom. The highest BCUT2D eigenvalue weighted by Crippen LogP contribution is 2.36. The van der Waals surface area contributed by atoms with Crippen LogP contribution in [0.3, 0.4) is 0 Å². The van der Waals surface area contributed by atoms with Gasteiger partial charge in [0.2, 0.25) is 0 Å². The number of carbonyl (C=O) groups excluding carboxylic acids is 4. The second-order valence-corrected chi connectivity index (χ2v) is 13.2. The molecule has 1 aliphatic rings. The number of aromatic nitrogens is 1. The Hall–Kier alpha value is -3.89. The molecule has 1 atom stereocenters. The van der Waals surface area contributed by atoms with E-state index < -0.39 is 35.1 Å². The second kappa shape index (κ2) is 19.7. The lowest BCUT2D eigenvalue weighted by Gasteiger charge is -2.21. The Morgan fingerprint density at radius 1 is 1.02 bits per heavy atom. The Morgan fingerprint density at radius 2 is 1.72 bits per heavy atom. The van der Waals surface area contributed by atoms with Crippen LogP contribution in [0.2, 0.25) is 0 Å². The maximum Gasteiger partial charge on any atom is 0.534 e. The van der Waals surface area contributed by atoms with E-state index in [0.29, 0.717) is 40.8 Å². The number of unbranched alkanes of at least 4 members (excludes halogenated alkanes) is 3. The van der Waals surface area contributed by atoms with Gasteiger partial charge >= 0.3 is 17.9 Å². The average Bonchev–Trinajstić information content (AvgIpc) is 3.37. The Kier molecular flexibility index (Phi) is 15.7. The minimum absolute atomic E-state index is 0.0161. The fourth-order valence-corrected chi connectivity index (χ4v) is 6.62. The van der Waals surface area contributed by atoms with Crippen LogP contribution in [0.15, 0.2) is 47.6 Å². The number of hydrogen-bond donors (Lipinski definition) is 0. The first kappa shape index (κ1) is 37.6. The molecular weight excluding hydrogens is 651 g/mol. The molecule has 0 aliphatic carbocycles. The summed E-state index contributed by atoms with van der Waals surface area (Å²) in [7, 11) is 6.47. The summed E-state index contributed by atoms with van der Waals surface area (Å²) in [6.45, 7) is 4.41. The van der Waals surface area contributed by atoms with Crippen molar-refractivity contribution >= 4 is 51.3 Å². The number of nitrogens with zero attached hydrogens (tertiary/aromatic N) is 5. The number of benzene rings is 1. The monoisotopic (exact) mass is 691 g/mol. The highest BCUT2D eigenvalue weighted by Gasteiger charge is 2.34. The van der Waals surface area contributed by atoms with Crippen molar-refractivity contribution in [2.75, 3.05) is 39.5 Å². The third-order valence-electron chi connectivity index (χ3n) is 7.28. The molecule has 0 radical (unpaired) electrons. The van der Waals surface area contributed by atoms with E-state index in [-0.39, 0.29) is 18.5 Å². The number of carbonyl (C=O) groups is 4. The molecule has 47 heavy (non-hydrogen) atoms. The molecule has 3 amide bonds. The predicted octanol–water partition coefficient (Wildman–Crippen LogP) is 6.41. The van der Waals surface area contributed by atoms with Gasteiger partial charge in [-0.25, -0.2) is 14.6 Å². The van der Waals surface area contributed by atoms with Crippen molar-refractivity contribution in [2.45, 2.75) is 69.4 Å². The molecule has 1 aromatic heterocycles. The summed E-state index contributed by atoms with van der Waals surface area (Å²) in [5.74, 6) is -0.109. The maximum atomic E-state index is 12.6. The SMILES string of the molecule is CCN(C)CCCN(C)C(=O)Oc1ccc(C(CCCCCCSSc2ncccc2[N+](=O)[O-])OC(=O)ON2C(=O)CCC2=O)cc1.